The SMILES string of the molecule is CC1CNC2(CCCCC2)CN1CCS(=O)(=O)C(C)C. The number of hydrogen-bond donors (Lipinski definition) is 1. The van der Waals surface area contributed by atoms with Crippen molar-refractivity contribution in [2.75, 3.05) is 25.4 Å². The first-order valence-electron chi connectivity index (χ1n) is 8.05. The predicted octanol–water partition coefficient (Wildman–Crippen LogP) is 1.81. The minimum absolute atomic E-state index is 0.256. The molecule has 1 saturated carbocycles. The van der Waals surface area contributed by atoms with Gasteiger partial charge < -0.3 is 5.32 Å². The molecule has 1 unspecified atom stereocenters. The lowest BCUT2D eigenvalue weighted by atomic mass is 9.79. The maximum absolute atomic E-state index is 12.0. The quantitative estimate of drug-likeness (QED) is 0.860. The Morgan fingerprint density at radius 3 is 2.50 bits per heavy atom. The van der Waals surface area contributed by atoms with Crippen LogP contribution in [0.3, 0.4) is 0 Å². The van der Waals surface area contributed by atoms with Gasteiger partial charge in [-0.1, -0.05) is 19.3 Å². The lowest BCUT2D eigenvalue weighted by Gasteiger charge is -2.49. The van der Waals surface area contributed by atoms with Crippen molar-refractivity contribution in [3.63, 3.8) is 0 Å². The van der Waals surface area contributed by atoms with Crippen molar-refractivity contribution in [1.82, 2.24) is 10.2 Å². The van der Waals surface area contributed by atoms with Gasteiger partial charge in [0.25, 0.3) is 0 Å². The van der Waals surface area contributed by atoms with E-state index in [-0.39, 0.29) is 10.8 Å². The Bertz CT molecular complexity index is 414. The molecule has 20 heavy (non-hydrogen) atoms. The molecular formula is C15H30N2O2S. The third-order valence-corrected chi connectivity index (χ3v) is 7.28. The van der Waals surface area contributed by atoms with Crippen LogP contribution >= 0.6 is 0 Å². The number of piperazine rings is 1. The van der Waals surface area contributed by atoms with Gasteiger partial charge in [-0.3, -0.25) is 4.90 Å². The van der Waals surface area contributed by atoms with E-state index in [9.17, 15) is 8.42 Å². The summed E-state index contributed by atoms with van der Waals surface area (Å²) in [6, 6.07) is 0.435. The zero-order valence-corrected chi connectivity index (χ0v) is 14.0. The highest BCUT2D eigenvalue weighted by Gasteiger charge is 2.38. The van der Waals surface area contributed by atoms with Crippen LogP contribution in [0, 0.1) is 0 Å². The van der Waals surface area contributed by atoms with Crippen molar-refractivity contribution in [3.05, 3.63) is 0 Å². The summed E-state index contributed by atoms with van der Waals surface area (Å²) in [5.74, 6) is 0.297. The van der Waals surface area contributed by atoms with E-state index >= 15 is 0 Å². The van der Waals surface area contributed by atoms with E-state index in [2.05, 4.69) is 17.1 Å². The first-order chi connectivity index (χ1) is 9.35. The van der Waals surface area contributed by atoms with Crippen LogP contribution in [-0.2, 0) is 9.84 Å². The molecule has 0 bridgehead atoms. The van der Waals surface area contributed by atoms with Crippen LogP contribution in [0.4, 0.5) is 0 Å². The standard InChI is InChI=1S/C15H30N2O2S/c1-13(2)20(18,19)10-9-17-12-15(16-11-14(17)3)7-5-4-6-8-15/h13-14,16H,4-12H2,1-3H3. The second-order valence-electron chi connectivity index (χ2n) is 6.96. The number of nitrogens with one attached hydrogen (secondary N) is 1. The van der Waals surface area contributed by atoms with Gasteiger partial charge >= 0.3 is 0 Å². The zero-order chi connectivity index (χ0) is 14.8. The largest absolute Gasteiger partial charge is 0.308 e. The van der Waals surface area contributed by atoms with Crippen molar-refractivity contribution in [1.29, 1.82) is 0 Å². The molecule has 1 N–H and O–H groups in total. The van der Waals surface area contributed by atoms with Gasteiger partial charge in [0.2, 0.25) is 0 Å². The molecule has 2 aliphatic rings. The van der Waals surface area contributed by atoms with E-state index in [1.807, 2.05) is 0 Å². The van der Waals surface area contributed by atoms with Gasteiger partial charge in [0.05, 0.1) is 11.0 Å². The Balaban J connectivity index is 1.95. The fourth-order valence-corrected chi connectivity index (χ4v) is 4.40. The van der Waals surface area contributed by atoms with Crippen LogP contribution in [0.1, 0.15) is 52.9 Å². The summed E-state index contributed by atoms with van der Waals surface area (Å²) in [6.07, 6.45) is 6.44. The zero-order valence-electron chi connectivity index (χ0n) is 13.2. The molecule has 1 heterocycles. The van der Waals surface area contributed by atoms with Crippen LogP contribution in [0.5, 0.6) is 0 Å². The van der Waals surface area contributed by atoms with Crippen LogP contribution < -0.4 is 5.32 Å². The molecule has 2 fully saturated rings. The lowest BCUT2D eigenvalue weighted by Crippen LogP contribution is -2.64. The van der Waals surface area contributed by atoms with E-state index in [0.29, 0.717) is 18.3 Å². The smallest absolute Gasteiger partial charge is 0.153 e. The molecular weight excluding hydrogens is 272 g/mol. The molecule has 0 amide bonds. The Morgan fingerprint density at radius 2 is 1.90 bits per heavy atom. The van der Waals surface area contributed by atoms with Crippen molar-refractivity contribution >= 4 is 9.84 Å². The lowest BCUT2D eigenvalue weighted by molar-refractivity contribution is 0.0675. The van der Waals surface area contributed by atoms with Crippen LogP contribution in [0.25, 0.3) is 0 Å². The van der Waals surface area contributed by atoms with Gasteiger partial charge in [0, 0.05) is 31.2 Å². The number of hydrogen-bond acceptors (Lipinski definition) is 4. The summed E-state index contributed by atoms with van der Waals surface area (Å²) in [4.78, 5) is 2.39. The average Bonchev–Trinajstić information content (AvgIpc) is 2.41. The fraction of sp³-hybridized carbons (Fsp3) is 1.00. The average molecular weight is 302 g/mol. The molecule has 1 spiro atoms. The van der Waals surface area contributed by atoms with Gasteiger partial charge in [-0.2, -0.15) is 0 Å². The first kappa shape index (κ1) is 16.2. The van der Waals surface area contributed by atoms with Crippen LogP contribution in [-0.4, -0.2) is 55.5 Å². The van der Waals surface area contributed by atoms with Gasteiger partial charge in [0.15, 0.2) is 9.84 Å². The van der Waals surface area contributed by atoms with Crippen molar-refractivity contribution < 1.29 is 8.42 Å². The third-order valence-electron chi connectivity index (χ3n) is 5.09. The molecule has 1 aliphatic carbocycles. The van der Waals surface area contributed by atoms with Gasteiger partial charge in [0.1, 0.15) is 0 Å². The fourth-order valence-electron chi connectivity index (χ4n) is 3.44. The Morgan fingerprint density at radius 1 is 1.25 bits per heavy atom. The van der Waals surface area contributed by atoms with E-state index in [1.165, 1.54) is 32.1 Å². The highest BCUT2D eigenvalue weighted by Crippen LogP contribution is 2.31. The molecule has 1 saturated heterocycles. The molecule has 5 heteroatoms. The van der Waals surface area contributed by atoms with E-state index in [0.717, 1.165) is 13.1 Å². The summed E-state index contributed by atoms with van der Waals surface area (Å²) >= 11 is 0. The van der Waals surface area contributed by atoms with Crippen molar-refractivity contribution in [3.8, 4) is 0 Å². The Hall–Kier alpha value is -0.130. The van der Waals surface area contributed by atoms with Gasteiger partial charge in [-0.25, -0.2) is 8.42 Å². The predicted molar refractivity (Wildman–Crippen MR) is 83.8 cm³/mol. The maximum atomic E-state index is 12.0. The number of sulfone groups is 1. The number of rotatable bonds is 4. The highest BCUT2D eigenvalue weighted by atomic mass is 32.2. The second-order valence-corrected chi connectivity index (χ2v) is 9.63. The van der Waals surface area contributed by atoms with Crippen molar-refractivity contribution in [2.24, 2.45) is 0 Å². The maximum Gasteiger partial charge on any atom is 0.153 e. The highest BCUT2D eigenvalue weighted by molar-refractivity contribution is 7.92. The molecule has 4 nitrogen and oxygen atoms in total. The molecule has 0 aromatic heterocycles. The molecule has 1 aliphatic heterocycles. The van der Waals surface area contributed by atoms with Crippen LogP contribution in [0.15, 0.2) is 0 Å². The molecule has 0 aromatic carbocycles. The summed E-state index contributed by atoms with van der Waals surface area (Å²) in [7, 11) is -2.93. The third kappa shape index (κ3) is 3.74. The molecule has 118 valence electrons. The molecule has 0 aromatic rings. The first-order valence-corrected chi connectivity index (χ1v) is 9.77. The van der Waals surface area contributed by atoms with Gasteiger partial charge in [-0.15, -0.1) is 0 Å². The number of nitrogens with zero attached hydrogens (tertiary/aromatic N) is 1. The molecule has 1 atom stereocenters. The minimum Gasteiger partial charge on any atom is -0.308 e. The monoisotopic (exact) mass is 302 g/mol. The summed E-state index contributed by atoms with van der Waals surface area (Å²) in [5.41, 5.74) is 0.256. The Labute approximate surface area is 124 Å². The summed E-state index contributed by atoms with van der Waals surface area (Å²) < 4.78 is 24.0. The molecule has 0 radical (unpaired) electrons. The van der Waals surface area contributed by atoms with E-state index in [4.69, 9.17) is 0 Å². The van der Waals surface area contributed by atoms with E-state index < -0.39 is 9.84 Å². The van der Waals surface area contributed by atoms with Crippen LogP contribution in [0.2, 0.25) is 0 Å². The summed E-state index contributed by atoms with van der Waals surface area (Å²) in [5, 5.41) is 3.48. The van der Waals surface area contributed by atoms with E-state index in [1.54, 1.807) is 13.8 Å². The Kier molecular flexibility index (Phi) is 5.14. The normalized spacial score (nSPS) is 28.1. The minimum atomic E-state index is -2.93. The van der Waals surface area contributed by atoms with Crippen molar-refractivity contribution in [2.45, 2.75) is 69.7 Å². The topological polar surface area (TPSA) is 49.4 Å². The summed E-state index contributed by atoms with van der Waals surface area (Å²) in [6.45, 7) is 8.44. The second kappa shape index (κ2) is 6.32. The molecule has 2 rings (SSSR count). The van der Waals surface area contributed by atoms with Gasteiger partial charge in [-0.05, 0) is 33.6 Å².